The van der Waals surface area contributed by atoms with Crippen LogP contribution in [0, 0.1) is 11.8 Å². The van der Waals surface area contributed by atoms with Crippen LogP contribution in [0.1, 0.15) is 32.6 Å². The predicted octanol–water partition coefficient (Wildman–Crippen LogP) is 1.72. The van der Waals surface area contributed by atoms with Crippen LogP contribution >= 0.6 is 0 Å². The summed E-state index contributed by atoms with van der Waals surface area (Å²) >= 11 is 0. The molecule has 1 heterocycles. The zero-order chi connectivity index (χ0) is 9.97. The quantitative estimate of drug-likeness (QED) is 0.739. The summed E-state index contributed by atoms with van der Waals surface area (Å²) in [7, 11) is 2.10. The van der Waals surface area contributed by atoms with E-state index in [-0.39, 0.29) is 0 Å². The van der Waals surface area contributed by atoms with Crippen LogP contribution in [0.5, 0.6) is 0 Å². The Bertz CT molecular complexity index is 177. The van der Waals surface area contributed by atoms with Crippen molar-refractivity contribution in [2.24, 2.45) is 11.8 Å². The largest absolute Gasteiger partial charge is 0.317 e. The lowest BCUT2D eigenvalue weighted by Crippen LogP contribution is -2.48. The molecule has 2 atom stereocenters. The Labute approximate surface area is 88.1 Å². The van der Waals surface area contributed by atoms with Crippen LogP contribution in [0.15, 0.2) is 0 Å². The van der Waals surface area contributed by atoms with Crippen LogP contribution in [0.25, 0.3) is 0 Å². The zero-order valence-electron chi connectivity index (χ0n) is 9.63. The first-order valence-corrected chi connectivity index (χ1v) is 6.19. The first-order valence-electron chi connectivity index (χ1n) is 6.19. The Morgan fingerprint density at radius 3 is 2.57 bits per heavy atom. The number of nitrogens with zero attached hydrogens (tertiary/aromatic N) is 1. The van der Waals surface area contributed by atoms with Crippen molar-refractivity contribution in [1.29, 1.82) is 0 Å². The smallest absolute Gasteiger partial charge is 0.0114 e. The van der Waals surface area contributed by atoms with E-state index in [0.29, 0.717) is 0 Å². The Morgan fingerprint density at radius 2 is 2.07 bits per heavy atom. The van der Waals surface area contributed by atoms with E-state index < -0.39 is 0 Å². The van der Waals surface area contributed by atoms with Crippen molar-refractivity contribution in [2.75, 3.05) is 26.7 Å². The van der Waals surface area contributed by atoms with Gasteiger partial charge < -0.3 is 10.2 Å². The number of hydrogen-bond acceptors (Lipinski definition) is 2. The molecule has 1 saturated heterocycles. The Morgan fingerprint density at radius 1 is 1.29 bits per heavy atom. The summed E-state index contributed by atoms with van der Waals surface area (Å²) in [6.45, 7) is 6.38. The van der Waals surface area contributed by atoms with E-state index in [1.165, 1.54) is 45.3 Å². The van der Waals surface area contributed by atoms with E-state index >= 15 is 0 Å². The van der Waals surface area contributed by atoms with Gasteiger partial charge in [0.15, 0.2) is 0 Å². The highest BCUT2D eigenvalue weighted by Gasteiger charge is 2.27. The highest BCUT2D eigenvalue weighted by atomic mass is 15.1. The number of rotatable bonds is 3. The van der Waals surface area contributed by atoms with E-state index in [4.69, 9.17) is 0 Å². The lowest BCUT2D eigenvalue weighted by atomic mass is 9.84. The number of hydrogen-bond donors (Lipinski definition) is 1. The van der Waals surface area contributed by atoms with Gasteiger partial charge in [-0.15, -0.1) is 0 Å². The van der Waals surface area contributed by atoms with Gasteiger partial charge in [0.2, 0.25) is 0 Å². The van der Waals surface area contributed by atoms with E-state index in [9.17, 15) is 0 Å². The summed E-state index contributed by atoms with van der Waals surface area (Å²) in [5, 5.41) is 3.43. The molecule has 1 N–H and O–H groups in total. The summed E-state index contributed by atoms with van der Waals surface area (Å²) in [5.74, 6) is 1.86. The molecule has 0 aromatic carbocycles. The van der Waals surface area contributed by atoms with Gasteiger partial charge in [0.1, 0.15) is 0 Å². The molecule has 0 spiro atoms. The number of likely N-dealkylation sites (tertiary alicyclic amines) is 1. The Hall–Kier alpha value is -0.0800. The average molecular weight is 196 g/mol. The van der Waals surface area contributed by atoms with Gasteiger partial charge in [-0.2, -0.15) is 0 Å². The molecule has 0 bridgehead atoms. The number of piperidine rings is 1. The maximum Gasteiger partial charge on any atom is 0.0114 e. The number of nitrogens with one attached hydrogen (secondary N) is 1. The van der Waals surface area contributed by atoms with Crippen molar-refractivity contribution in [3.63, 3.8) is 0 Å². The minimum atomic E-state index is 0.757. The second-order valence-corrected chi connectivity index (χ2v) is 5.22. The van der Waals surface area contributed by atoms with Crippen molar-refractivity contribution >= 4 is 0 Å². The van der Waals surface area contributed by atoms with Crippen molar-refractivity contribution in [3.05, 3.63) is 0 Å². The van der Waals surface area contributed by atoms with E-state index in [1.54, 1.807) is 0 Å². The summed E-state index contributed by atoms with van der Waals surface area (Å²) in [5.41, 5.74) is 0. The van der Waals surface area contributed by atoms with Crippen LogP contribution in [0.3, 0.4) is 0 Å². The summed E-state index contributed by atoms with van der Waals surface area (Å²) in [6, 6.07) is 0.757. The van der Waals surface area contributed by atoms with Crippen molar-refractivity contribution in [1.82, 2.24) is 10.2 Å². The van der Waals surface area contributed by atoms with E-state index in [2.05, 4.69) is 24.2 Å². The maximum absolute atomic E-state index is 3.43. The topological polar surface area (TPSA) is 15.3 Å². The zero-order valence-corrected chi connectivity index (χ0v) is 9.63. The maximum atomic E-state index is 3.43. The SMILES string of the molecule is CNC1CCN(CC2CCC2)CC1C. The minimum Gasteiger partial charge on any atom is -0.317 e. The molecule has 82 valence electrons. The second-order valence-electron chi connectivity index (χ2n) is 5.22. The summed E-state index contributed by atoms with van der Waals surface area (Å²) < 4.78 is 0. The molecule has 0 radical (unpaired) electrons. The third kappa shape index (κ3) is 2.29. The molecule has 2 aliphatic rings. The van der Waals surface area contributed by atoms with Crippen molar-refractivity contribution in [2.45, 2.75) is 38.6 Å². The fourth-order valence-corrected chi connectivity index (χ4v) is 2.87. The van der Waals surface area contributed by atoms with Crippen LogP contribution < -0.4 is 5.32 Å². The molecule has 1 saturated carbocycles. The molecule has 1 aliphatic heterocycles. The molecule has 2 fully saturated rings. The standard InChI is InChI=1S/C12H24N2/c1-10-8-14(7-6-12(10)13-2)9-11-4-3-5-11/h10-13H,3-9H2,1-2H3. The average Bonchev–Trinajstić information content (AvgIpc) is 2.12. The van der Waals surface area contributed by atoms with Crippen LogP contribution in [0.4, 0.5) is 0 Å². The van der Waals surface area contributed by atoms with E-state index in [0.717, 1.165) is 17.9 Å². The molecule has 0 aromatic rings. The summed E-state index contributed by atoms with van der Waals surface area (Å²) in [4.78, 5) is 2.68. The van der Waals surface area contributed by atoms with Gasteiger partial charge in [0, 0.05) is 19.1 Å². The Kier molecular flexibility index (Phi) is 3.45. The minimum absolute atomic E-state index is 0.757. The molecule has 1 aliphatic carbocycles. The Balaban J connectivity index is 1.74. The fraction of sp³-hybridized carbons (Fsp3) is 1.00. The van der Waals surface area contributed by atoms with Gasteiger partial charge in [-0.05, 0) is 44.7 Å². The van der Waals surface area contributed by atoms with Crippen LogP contribution in [-0.2, 0) is 0 Å². The highest BCUT2D eigenvalue weighted by molar-refractivity contribution is 4.84. The van der Waals surface area contributed by atoms with Crippen molar-refractivity contribution in [3.8, 4) is 0 Å². The third-order valence-corrected chi connectivity index (χ3v) is 4.10. The van der Waals surface area contributed by atoms with Gasteiger partial charge >= 0.3 is 0 Å². The molecular formula is C12H24N2. The molecule has 2 unspecified atom stereocenters. The van der Waals surface area contributed by atoms with Gasteiger partial charge in [-0.1, -0.05) is 13.3 Å². The lowest BCUT2D eigenvalue weighted by Gasteiger charge is -2.40. The molecule has 2 heteroatoms. The second kappa shape index (κ2) is 4.63. The molecule has 0 amide bonds. The molecule has 2 nitrogen and oxygen atoms in total. The molecule has 2 rings (SSSR count). The highest BCUT2D eigenvalue weighted by Crippen LogP contribution is 2.28. The predicted molar refractivity (Wildman–Crippen MR) is 60.4 cm³/mol. The monoisotopic (exact) mass is 196 g/mol. The van der Waals surface area contributed by atoms with Crippen LogP contribution in [0.2, 0.25) is 0 Å². The van der Waals surface area contributed by atoms with Crippen LogP contribution in [-0.4, -0.2) is 37.6 Å². The van der Waals surface area contributed by atoms with E-state index in [1.807, 2.05) is 0 Å². The third-order valence-electron chi connectivity index (χ3n) is 4.10. The molecule has 14 heavy (non-hydrogen) atoms. The van der Waals surface area contributed by atoms with Gasteiger partial charge in [0.05, 0.1) is 0 Å². The van der Waals surface area contributed by atoms with Gasteiger partial charge in [0.25, 0.3) is 0 Å². The van der Waals surface area contributed by atoms with Gasteiger partial charge in [-0.3, -0.25) is 0 Å². The molecule has 0 aromatic heterocycles. The van der Waals surface area contributed by atoms with Crippen molar-refractivity contribution < 1.29 is 0 Å². The molecular weight excluding hydrogens is 172 g/mol. The van der Waals surface area contributed by atoms with Gasteiger partial charge in [-0.25, -0.2) is 0 Å². The lowest BCUT2D eigenvalue weighted by molar-refractivity contribution is 0.110. The summed E-state index contributed by atoms with van der Waals surface area (Å²) in [6.07, 6.45) is 5.79. The first kappa shape index (κ1) is 10.4. The normalized spacial score (nSPS) is 35.6. The first-order chi connectivity index (χ1) is 6.79. The fourth-order valence-electron chi connectivity index (χ4n) is 2.87.